The van der Waals surface area contributed by atoms with Crippen molar-refractivity contribution in [1.82, 2.24) is 4.98 Å². The van der Waals surface area contributed by atoms with E-state index in [-0.39, 0.29) is 16.5 Å². The Balaban J connectivity index is 0.000000351. The summed E-state index contributed by atoms with van der Waals surface area (Å²) in [6.07, 6.45) is 11.0. The molecular weight excluding hydrogens is 420 g/mol. The zero-order valence-corrected chi connectivity index (χ0v) is 19.1. The Labute approximate surface area is 199 Å². The van der Waals surface area contributed by atoms with Crippen LogP contribution >= 0.6 is 0 Å². The zero-order valence-electron chi connectivity index (χ0n) is 19.1. The molecule has 1 aromatic heterocycles. The number of nitro groups is 1. The van der Waals surface area contributed by atoms with Crippen LogP contribution in [0, 0.1) is 17.0 Å². The van der Waals surface area contributed by atoms with E-state index in [4.69, 9.17) is 0 Å². The zero-order chi connectivity index (χ0) is 23.5. The molecule has 0 amide bonds. The van der Waals surface area contributed by atoms with Gasteiger partial charge in [-0.3, -0.25) is 15.1 Å². The lowest BCUT2D eigenvalue weighted by atomic mass is 9.71. The molecule has 1 heterocycles. The first-order chi connectivity index (χ1) is 16.6. The summed E-state index contributed by atoms with van der Waals surface area (Å²) in [5.41, 5.74) is 7.82. The van der Waals surface area contributed by atoms with Crippen LogP contribution in [0.3, 0.4) is 0 Å². The highest BCUT2D eigenvalue weighted by Gasteiger charge is 2.30. The normalized spacial score (nSPS) is 16.3. The van der Waals surface area contributed by atoms with Crippen LogP contribution in [0.15, 0.2) is 103 Å². The fraction of sp³-hybridized carbons (Fsp3) is 0.167. The number of allylic oxidation sites excluding steroid dienone is 4. The van der Waals surface area contributed by atoms with Crippen LogP contribution in [0.1, 0.15) is 41.0 Å². The lowest BCUT2D eigenvalue weighted by Gasteiger charge is -2.33. The molecular formula is C30H26N2O2. The van der Waals surface area contributed by atoms with Gasteiger partial charge in [-0.05, 0) is 76.9 Å². The second kappa shape index (κ2) is 9.44. The average molecular weight is 447 g/mol. The van der Waals surface area contributed by atoms with Crippen molar-refractivity contribution in [2.45, 2.75) is 32.1 Å². The first-order valence-corrected chi connectivity index (χ1v) is 11.6. The van der Waals surface area contributed by atoms with Gasteiger partial charge in [0.1, 0.15) is 0 Å². The van der Waals surface area contributed by atoms with Gasteiger partial charge in [-0.15, -0.1) is 0 Å². The molecule has 2 aliphatic carbocycles. The SMILES string of the molecule is Cc1ccc([N+](=O)[O-])cc1C1Cc2c(ccc3ccccc23)C2=C1CCC=C2.c1ccncc1. The standard InChI is InChI=1S/C25H21NO2.C5H5N/c1-16-10-12-18(26(27)28)14-23(16)25-15-24-19-7-3-2-6-17(19)11-13-22(24)20-8-4-5-9-21(20)25;1-2-4-6-5-3-1/h2-4,6-8,10-14,25H,5,9,15H2,1H3;1-5H. The minimum Gasteiger partial charge on any atom is -0.265 e. The number of non-ortho nitro benzene ring substituents is 1. The first kappa shape index (κ1) is 21.8. The number of hydrogen-bond acceptors (Lipinski definition) is 3. The molecule has 0 N–H and O–H groups in total. The van der Waals surface area contributed by atoms with Crippen molar-refractivity contribution in [1.29, 1.82) is 0 Å². The first-order valence-electron chi connectivity index (χ1n) is 11.6. The molecule has 0 radical (unpaired) electrons. The van der Waals surface area contributed by atoms with Crippen molar-refractivity contribution < 1.29 is 4.92 Å². The Bertz CT molecular complexity index is 1390. The predicted molar refractivity (Wildman–Crippen MR) is 138 cm³/mol. The summed E-state index contributed by atoms with van der Waals surface area (Å²) in [6, 6.07) is 24.0. The van der Waals surface area contributed by atoms with E-state index in [1.165, 1.54) is 33.0 Å². The third-order valence-corrected chi connectivity index (χ3v) is 6.79. The van der Waals surface area contributed by atoms with Crippen LogP contribution in [0.4, 0.5) is 5.69 Å². The number of nitro benzene ring substituents is 1. The van der Waals surface area contributed by atoms with E-state index in [0.717, 1.165) is 30.4 Å². The van der Waals surface area contributed by atoms with Crippen molar-refractivity contribution in [2.75, 3.05) is 0 Å². The fourth-order valence-electron chi connectivity index (χ4n) is 5.17. The topological polar surface area (TPSA) is 56.0 Å². The summed E-state index contributed by atoms with van der Waals surface area (Å²) in [4.78, 5) is 14.9. The van der Waals surface area contributed by atoms with Gasteiger partial charge in [-0.1, -0.05) is 66.3 Å². The minimum atomic E-state index is -0.287. The second-order valence-electron chi connectivity index (χ2n) is 8.77. The summed E-state index contributed by atoms with van der Waals surface area (Å²) in [6.45, 7) is 2.07. The van der Waals surface area contributed by atoms with Gasteiger partial charge in [0.15, 0.2) is 0 Å². The minimum absolute atomic E-state index is 0.179. The molecule has 1 atom stereocenters. The van der Waals surface area contributed by atoms with Crippen molar-refractivity contribution in [2.24, 2.45) is 0 Å². The van der Waals surface area contributed by atoms with Crippen LogP contribution in [-0.2, 0) is 6.42 Å². The Morgan fingerprint density at radius 3 is 2.53 bits per heavy atom. The van der Waals surface area contributed by atoms with Crippen LogP contribution in [0.25, 0.3) is 16.3 Å². The van der Waals surface area contributed by atoms with Gasteiger partial charge in [0.05, 0.1) is 4.92 Å². The molecule has 0 bridgehead atoms. The van der Waals surface area contributed by atoms with E-state index in [0.29, 0.717) is 0 Å². The number of aryl methyl sites for hydroxylation is 1. The Morgan fingerprint density at radius 2 is 1.79 bits per heavy atom. The molecule has 0 saturated carbocycles. The van der Waals surface area contributed by atoms with E-state index >= 15 is 0 Å². The number of aromatic nitrogens is 1. The van der Waals surface area contributed by atoms with Gasteiger partial charge >= 0.3 is 0 Å². The predicted octanol–water partition coefficient (Wildman–Crippen LogP) is 7.58. The molecule has 3 aromatic carbocycles. The number of hydrogen-bond donors (Lipinski definition) is 0. The highest BCUT2D eigenvalue weighted by atomic mass is 16.6. The highest BCUT2D eigenvalue weighted by molar-refractivity contribution is 5.94. The molecule has 168 valence electrons. The quantitative estimate of drug-likeness (QED) is 0.235. The molecule has 34 heavy (non-hydrogen) atoms. The fourth-order valence-corrected chi connectivity index (χ4v) is 5.17. The summed E-state index contributed by atoms with van der Waals surface area (Å²) in [7, 11) is 0. The lowest BCUT2D eigenvalue weighted by Crippen LogP contribution is -2.17. The molecule has 2 aliphatic rings. The van der Waals surface area contributed by atoms with Crippen molar-refractivity contribution in [3.8, 4) is 0 Å². The van der Waals surface area contributed by atoms with Gasteiger partial charge in [0.25, 0.3) is 5.69 Å². The maximum absolute atomic E-state index is 11.4. The Hall–Kier alpha value is -4.05. The number of fused-ring (bicyclic) bond motifs is 4. The maximum atomic E-state index is 11.4. The molecule has 0 spiro atoms. The van der Waals surface area contributed by atoms with Crippen LogP contribution in [0.5, 0.6) is 0 Å². The van der Waals surface area contributed by atoms with Crippen LogP contribution in [0.2, 0.25) is 0 Å². The monoisotopic (exact) mass is 446 g/mol. The average Bonchev–Trinajstić information content (AvgIpc) is 2.89. The molecule has 4 heteroatoms. The van der Waals surface area contributed by atoms with E-state index < -0.39 is 0 Å². The van der Waals surface area contributed by atoms with Gasteiger partial charge in [0, 0.05) is 30.4 Å². The van der Waals surface area contributed by atoms with Crippen LogP contribution < -0.4 is 0 Å². The summed E-state index contributed by atoms with van der Waals surface area (Å²) in [5, 5.41) is 13.9. The Morgan fingerprint density at radius 1 is 0.971 bits per heavy atom. The van der Waals surface area contributed by atoms with Gasteiger partial charge in [-0.2, -0.15) is 0 Å². The van der Waals surface area contributed by atoms with E-state index in [2.05, 4.69) is 60.5 Å². The van der Waals surface area contributed by atoms with Crippen molar-refractivity contribution >= 4 is 22.0 Å². The Kier molecular flexibility index (Phi) is 6.05. The summed E-state index contributed by atoms with van der Waals surface area (Å²) in [5.74, 6) is 0.193. The maximum Gasteiger partial charge on any atom is 0.269 e. The molecule has 4 nitrogen and oxygen atoms in total. The number of benzene rings is 3. The van der Waals surface area contributed by atoms with E-state index in [9.17, 15) is 10.1 Å². The molecule has 4 aromatic rings. The van der Waals surface area contributed by atoms with Gasteiger partial charge in [0.2, 0.25) is 0 Å². The number of rotatable bonds is 2. The summed E-state index contributed by atoms with van der Waals surface area (Å²) >= 11 is 0. The lowest BCUT2D eigenvalue weighted by molar-refractivity contribution is -0.384. The van der Waals surface area contributed by atoms with Gasteiger partial charge < -0.3 is 0 Å². The smallest absolute Gasteiger partial charge is 0.265 e. The van der Waals surface area contributed by atoms with Crippen LogP contribution in [-0.4, -0.2) is 9.91 Å². The third-order valence-electron chi connectivity index (χ3n) is 6.79. The van der Waals surface area contributed by atoms with Crippen molar-refractivity contribution in [3.63, 3.8) is 0 Å². The van der Waals surface area contributed by atoms with E-state index in [1.54, 1.807) is 24.5 Å². The second-order valence-corrected chi connectivity index (χ2v) is 8.77. The number of nitrogens with zero attached hydrogens (tertiary/aromatic N) is 2. The number of pyridine rings is 1. The van der Waals surface area contributed by atoms with E-state index in [1.807, 2.05) is 24.3 Å². The largest absolute Gasteiger partial charge is 0.269 e. The molecule has 6 rings (SSSR count). The molecule has 0 aliphatic heterocycles. The summed E-state index contributed by atoms with van der Waals surface area (Å²) < 4.78 is 0. The van der Waals surface area contributed by atoms with Gasteiger partial charge in [-0.25, -0.2) is 0 Å². The van der Waals surface area contributed by atoms with Crippen molar-refractivity contribution in [3.05, 3.63) is 135 Å². The molecule has 0 fully saturated rings. The third kappa shape index (κ3) is 4.15. The molecule has 1 unspecified atom stereocenters. The molecule has 0 saturated heterocycles. The highest BCUT2D eigenvalue weighted by Crippen LogP contribution is 2.47.